The normalized spacial score (nSPS) is 8.25. The SMILES string of the molecule is CCO[SiH3].[H+]. The molecule has 0 saturated heterocycles. The maximum absolute atomic E-state index is 4.68. The van der Waals surface area contributed by atoms with Gasteiger partial charge in [0.15, 0.2) is 0 Å². The van der Waals surface area contributed by atoms with Crippen LogP contribution in [0.3, 0.4) is 0 Å². The Morgan fingerprint density at radius 3 is 2.50 bits per heavy atom. The summed E-state index contributed by atoms with van der Waals surface area (Å²) >= 11 is 0. The lowest BCUT2D eigenvalue weighted by Gasteiger charge is -1.77. The number of hydrogen-bond donors (Lipinski definition) is 0. The smallest absolute Gasteiger partial charge is 0.428 e. The second-order valence-electron chi connectivity index (χ2n) is 0.577. The van der Waals surface area contributed by atoms with Crippen molar-refractivity contribution in [2.45, 2.75) is 6.92 Å². The molecule has 0 spiro atoms. The Kier molecular flexibility index (Phi) is 3.32. The molecule has 4 heavy (non-hydrogen) atoms. The van der Waals surface area contributed by atoms with Gasteiger partial charge in [-0.1, -0.05) is 0 Å². The Morgan fingerprint density at radius 2 is 2.50 bits per heavy atom. The second kappa shape index (κ2) is 3.18. The molecule has 0 saturated carbocycles. The molecule has 0 aliphatic rings. The van der Waals surface area contributed by atoms with E-state index in [1.807, 2.05) is 6.92 Å². The van der Waals surface area contributed by atoms with Crippen molar-refractivity contribution in [1.82, 2.24) is 0 Å². The highest BCUT2D eigenvalue weighted by Gasteiger charge is 1.51. The van der Waals surface area contributed by atoms with Crippen LogP contribution >= 0.6 is 0 Å². The van der Waals surface area contributed by atoms with Crippen molar-refractivity contribution in [3.05, 3.63) is 0 Å². The molecule has 0 aromatic rings. The zero-order valence-corrected chi connectivity index (χ0v) is 5.12. The highest BCUT2D eigenvalue weighted by atomic mass is 28.2. The van der Waals surface area contributed by atoms with Crippen LogP contribution in [0.2, 0.25) is 0 Å². The van der Waals surface area contributed by atoms with Gasteiger partial charge in [-0.25, -0.2) is 0 Å². The van der Waals surface area contributed by atoms with Gasteiger partial charge in [0.25, 0.3) is 0 Å². The number of hydrogen-bond acceptors (Lipinski definition) is 1. The van der Waals surface area contributed by atoms with Crippen molar-refractivity contribution in [1.29, 1.82) is 0 Å². The van der Waals surface area contributed by atoms with Crippen LogP contribution in [0, 0.1) is 0 Å². The summed E-state index contributed by atoms with van der Waals surface area (Å²) in [6.45, 7) is 2.87. The van der Waals surface area contributed by atoms with Crippen molar-refractivity contribution in [3.63, 3.8) is 0 Å². The van der Waals surface area contributed by atoms with Crippen molar-refractivity contribution in [2.24, 2.45) is 0 Å². The zero-order valence-electron chi connectivity index (χ0n) is 4.12. The van der Waals surface area contributed by atoms with E-state index in [2.05, 4.69) is 4.43 Å². The van der Waals surface area contributed by atoms with E-state index in [1.54, 1.807) is 0 Å². The molecule has 0 rings (SSSR count). The van der Waals surface area contributed by atoms with E-state index in [0.29, 0.717) is 0 Å². The number of rotatable bonds is 1. The maximum Gasteiger partial charge on any atom is 1.00 e. The maximum atomic E-state index is 4.68. The van der Waals surface area contributed by atoms with Gasteiger partial charge in [-0.2, -0.15) is 0 Å². The molecule has 1 nitrogen and oxygen atoms in total. The zero-order chi connectivity index (χ0) is 3.41. The fourth-order valence-corrected chi connectivity index (χ4v) is 0. The summed E-state index contributed by atoms with van der Waals surface area (Å²) in [5, 5.41) is 0. The van der Waals surface area contributed by atoms with E-state index >= 15 is 0 Å². The Morgan fingerprint density at radius 1 is 2.25 bits per heavy atom. The van der Waals surface area contributed by atoms with Crippen LogP contribution < -0.4 is 0 Å². The molecule has 0 aliphatic heterocycles. The Hall–Kier alpha value is 0.177. The van der Waals surface area contributed by atoms with Crippen LogP contribution in [-0.2, 0) is 4.43 Å². The summed E-state index contributed by atoms with van der Waals surface area (Å²) in [5.74, 6) is 0. The van der Waals surface area contributed by atoms with Gasteiger partial charge < -0.3 is 4.43 Å². The largest absolute Gasteiger partial charge is 1.00 e. The van der Waals surface area contributed by atoms with E-state index < -0.39 is 0 Å². The highest BCUT2D eigenvalue weighted by molar-refractivity contribution is 5.97. The van der Waals surface area contributed by atoms with Gasteiger partial charge in [-0.3, -0.25) is 0 Å². The summed E-state index contributed by atoms with van der Waals surface area (Å²) in [7, 11) is 0.890. The summed E-state index contributed by atoms with van der Waals surface area (Å²) in [5.41, 5.74) is 0. The lowest BCUT2D eigenvalue weighted by Crippen LogP contribution is -1.76. The molecular weight excluding hydrogens is 68.1 g/mol. The van der Waals surface area contributed by atoms with Crippen molar-refractivity contribution < 1.29 is 5.85 Å². The summed E-state index contributed by atoms with van der Waals surface area (Å²) in [6.07, 6.45) is 0. The lowest BCUT2D eigenvalue weighted by molar-refractivity contribution is 0.375. The van der Waals surface area contributed by atoms with Crippen molar-refractivity contribution >= 4 is 10.5 Å². The minimum atomic E-state index is 0. The van der Waals surface area contributed by atoms with E-state index in [1.165, 1.54) is 0 Å². The first kappa shape index (κ1) is 4.18. The van der Waals surface area contributed by atoms with Gasteiger partial charge in [-0.15, -0.1) is 0 Å². The van der Waals surface area contributed by atoms with Crippen LogP contribution in [0.1, 0.15) is 8.35 Å². The quantitative estimate of drug-likeness (QED) is 0.380. The van der Waals surface area contributed by atoms with Crippen LogP contribution in [-0.4, -0.2) is 17.1 Å². The molecule has 0 bridgehead atoms. The van der Waals surface area contributed by atoms with Gasteiger partial charge >= 0.3 is 1.43 Å². The molecule has 26 valence electrons. The first-order valence-electron chi connectivity index (χ1n) is 1.40. The minimum Gasteiger partial charge on any atom is -0.428 e. The predicted molar refractivity (Wildman–Crippen MR) is 22.7 cm³/mol. The molecule has 0 unspecified atom stereocenters. The van der Waals surface area contributed by atoms with E-state index in [-0.39, 0.29) is 1.43 Å². The molecule has 0 amide bonds. The first-order chi connectivity index (χ1) is 1.91. The molecule has 0 atom stereocenters. The molecular formula is C2H9OSi+. The summed E-state index contributed by atoms with van der Waals surface area (Å²) in [6, 6.07) is 0. The van der Waals surface area contributed by atoms with Crippen LogP contribution in [0.25, 0.3) is 0 Å². The van der Waals surface area contributed by atoms with Gasteiger partial charge in [0.2, 0.25) is 0 Å². The van der Waals surface area contributed by atoms with E-state index in [4.69, 9.17) is 0 Å². The fraction of sp³-hybridized carbons (Fsp3) is 1.00. The lowest BCUT2D eigenvalue weighted by atomic mass is 10.9. The molecule has 0 radical (unpaired) electrons. The topological polar surface area (TPSA) is 9.23 Å². The summed E-state index contributed by atoms with van der Waals surface area (Å²) in [4.78, 5) is 0. The van der Waals surface area contributed by atoms with Gasteiger partial charge in [0, 0.05) is 6.61 Å². The standard InChI is InChI=1S/C2H8OSi/c1-2-3-4/h2H2,1,4H3/p+1. The highest BCUT2D eigenvalue weighted by Crippen LogP contribution is 1.50. The van der Waals surface area contributed by atoms with Crippen LogP contribution in [0.5, 0.6) is 0 Å². The second-order valence-corrected chi connectivity index (χ2v) is 1.15. The van der Waals surface area contributed by atoms with Crippen LogP contribution in [0.4, 0.5) is 0 Å². The molecule has 0 heterocycles. The molecule has 0 fully saturated rings. The van der Waals surface area contributed by atoms with Crippen molar-refractivity contribution in [2.75, 3.05) is 6.61 Å². The Bertz CT molecular complexity index is 11.6. The third kappa shape index (κ3) is 2.18. The van der Waals surface area contributed by atoms with E-state index in [9.17, 15) is 0 Å². The first-order valence-corrected chi connectivity index (χ1v) is 2.22. The van der Waals surface area contributed by atoms with Crippen LogP contribution in [0.15, 0.2) is 0 Å². The molecule has 0 aliphatic carbocycles. The Balaban J connectivity index is 0. The third-order valence-electron chi connectivity index (χ3n) is 0.289. The molecule has 0 N–H and O–H groups in total. The monoisotopic (exact) mass is 77.0 g/mol. The fourth-order valence-electron chi connectivity index (χ4n) is 0. The Labute approximate surface area is 31.0 Å². The average molecular weight is 77.2 g/mol. The van der Waals surface area contributed by atoms with Gasteiger partial charge in [-0.05, 0) is 6.92 Å². The minimum absolute atomic E-state index is 0. The van der Waals surface area contributed by atoms with E-state index in [0.717, 1.165) is 17.1 Å². The van der Waals surface area contributed by atoms with Gasteiger partial charge in [0.05, 0.1) is 0 Å². The van der Waals surface area contributed by atoms with Gasteiger partial charge in [0.1, 0.15) is 10.5 Å². The van der Waals surface area contributed by atoms with Crippen molar-refractivity contribution in [3.8, 4) is 0 Å². The molecule has 0 aromatic carbocycles. The average Bonchev–Trinajstić information content (AvgIpc) is 1.37. The predicted octanol–water partition coefficient (Wildman–Crippen LogP) is -0.584. The molecule has 0 aromatic heterocycles. The summed E-state index contributed by atoms with van der Waals surface area (Å²) < 4.78 is 4.68. The molecule has 2 heteroatoms. The third-order valence-corrected chi connectivity index (χ3v) is 0.866.